The molecule has 0 radical (unpaired) electrons. The van der Waals surface area contributed by atoms with Crippen LogP contribution >= 0.6 is 0 Å². The van der Waals surface area contributed by atoms with E-state index >= 15 is 0 Å². The van der Waals surface area contributed by atoms with Crippen LogP contribution in [0, 0.1) is 11.3 Å². The first-order chi connectivity index (χ1) is 9.06. The third-order valence-electron chi connectivity index (χ3n) is 2.54. The van der Waals surface area contributed by atoms with E-state index in [4.69, 9.17) is 15.5 Å². The molecule has 1 rings (SSSR count). The molecule has 0 spiro atoms. The summed E-state index contributed by atoms with van der Waals surface area (Å²) in [7, 11) is -3.73. The highest BCUT2D eigenvalue weighted by molar-refractivity contribution is 7.89. The third kappa shape index (κ3) is 4.01. The van der Waals surface area contributed by atoms with Gasteiger partial charge in [0.1, 0.15) is 0 Å². The molecule has 0 bridgehead atoms. The van der Waals surface area contributed by atoms with E-state index in [-0.39, 0.29) is 37.6 Å². The predicted octanol–water partition coefficient (Wildman–Crippen LogP) is -0.272. The summed E-state index contributed by atoms with van der Waals surface area (Å²) in [6.45, 7) is -0.761. The van der Waals surface area contributed by atoms with E-state index < -0.39 is 10.0 Å². The summed E-state index contributed by atoms with van der Waals surface area (Å²) in [6.07, 6.45) is 0.220. The highest BCUT2D eigenvalue weighted by Gasteiger charge is 2.23. The minimum Gasteiger partial charge on any atom is -0.395 e. The molecule has 0 aliphatic heterocycles. The molecule has 0 atom stereocenters. The van der Waals surface area contributed by atoms with Crippen LogP contribution in [0.3, 0.4) is 0 Å². The van der Waals surface area contributed by atoms with Gasteiger partial charge in [-0.15, -0.1) is 0 Å². The minimum absolute atomic E-state index is 0.0666. The van der Waals surface area contributed by atoms with Crippen molar-refractivity contribution < 1.29 is 18.6 Å². The molecule has 0 aromatic heterocycles. The number of rotatable bonds is 7. The molecule has 0 aliphatic rings. The molecule has 1 aromatic carbocycles. The molecule has 0 fully saturated rings. The van der Waals surface area contributed by atoms with Crippen LogP contribution in [-0.4, -0.2) is 49.2 Å². The van der Waals surface area contributed by atoms with Gasteiger partial charge in [0.2, 0.25) is 10.0 Å². The van der Waals surface area contributed by atoms with E-state index in [0.29, 0.717) is 0 Å². The first-order valence-corrected chi connectivity index (χ1v) is 7.18. The molecular formula is C12H16N2O4S. The molecule has 2 N–H and O–H groups in total. The summed E-state index contributed by atoms with van der Waals surface area (Å²) in [5.41, 5.74) is 0.734. The van der Waals surface area contributed by atoms with E-state index in [1.807, 2.05) is 6.07 Å². The molecule has 1 aromatic rings. The summed E-state index contributed by atoms with van der Waals surface area (Å²) >= 11 is 0. The Kier molecular flexibility index (Phi) is 5.92. The van der Waals surface area contributed by atoms with Crippen LogP contribution in [0.5, 0.6) is 0 Å². The highest BCUT2D eigenvalue weighted by atomic mass is 32.2. The molecule has 0 aliphatic carbocycles. The molecule has 7 heteroatoms. The van der Waals surface area contributed by atoms with Gasteiger partial charge in [0.15, 0.2) is 0 Å². The molecule has 0 saturated carbocycles. The minimum atomic E-state index is -3.73. The lowest BCUT2D eigenvalue weighted by molar-refractivity contribution is 0.217. The van der Waals surface area contributed by atoms with Crippen LogP contribution in [0.1, 0.15) is 5.56 Å². The third-order valence-corrected chi connectivity index (χ3v) is 4.46. The highest BCUT2D eigenvalue weighted by Crippen LogP contribution is 2.16. The smallest absolute Gasteiger partial charge is 0.243 e. The van der Waals surface area contributed by atoms with E-state index in [2.05, 4.69) is 0 Å². The van der Waals surface area contributed by atoms with Crippen LogP contribution in [0.4, 0.5) is 0 Å². The van der Waals surface area contributed by atoms with Gasteiger partial charge in [-0.3, -0.25) is 0 Å². The second-order valence-corrected chi connectivity index (χ2v) is 5.77. The monoisotopic (exact) mass is 284 g/mol. The number of sulfonamides is 1. The summed E-state index contributed by atoms with van der Waals surface area (Å²) in [5.74, 6) is 0. The zero-order valence-electron chi connectivity index (χ0n) is 10.4. The van der Waals surface area contributed by atoms with Gasteiger partial charge >= 0.3 is 0 Å². The quantitative estimate of drug-likeness (QED) is 0.717. The lowest BCUT2D eigenvalue weighted by Crippen LogP contribution is -2.35. The Bertz CT molecular complexity index is 528. The predicted molar refractivity (Wildman–Crippen MR) is 68.7 cm³/mol. The van der Waals surface area contributed by atoms with Crippen LogP contribution in [0.2, 0.25) is 0 Å². The summed E-state index contributed by atoms with van der Waals surface area (Å²) in [5, 5.41) is 26.3. The summed E-state index contributed by atoms with van der Waals surface area (Å²) < 4.78 is 25.5. The molecular weight excluding hydrogens is 268 g/mol. The Hall–Kier alpha value is -1.46. The van der Waals surface area contributed by atoms with Crippen molar-refractivity contribution in [1.29, 1.82) is 5.26 Å². The lowest BCUT2D eigenvalue weighted by atomic mass is 10.2. The van der Waals surface area contributed by atoms with E-state index in [1.54, 1.807) is 12.1 Å². The van der Waals surface area contributed by atoms with Crippen molar-refractivity contribution in [1.82, 2.24) is 4.31 Å². The maximum atomic E-state index is 12.2. The van der Waals surface area contributed by atoms with Gasteiger partial charge in [-0.2, -0.15) is 9.57 Å². The lowest BCUT2D eigenvalue weighted by Gasteiger charge is -2.20. The number of hydrogen-bond donors (Lipinski definition) is 2. The molecule has 6 nitrogen and oxygen atoms in total. The van der Waals surface area contributed by atoms with Crippen molar-refractivity contribution in [3.63, 3.8) is 0 Å². The number of aliphatic hydroxyl groups excluding tert-OH is 2. The second-order valence-electron chi connectivity index (χ2n) is 3.83. The van der Waals surface area contributed by atoms with Crippen molar-refractivity contribution >= 4 is 10.0 Å². The Labute approximate surface area is 112 Å². The average molecular weight is 284 g/mol. The Balaban J connectivity index is 3.00. The normalized spacial score (nSPS) is 11.5. The first-order valence-electron chi connectivity index (χ1n) is 5.74. The SMILES string of the molecule is N#CCc1ccc(S(=O)(=O)N(CCO)CCO)cc1. The largest absolute Gasteiger partial charge is 0.395 e. The zero-order chi connectivity index (χ0) is 14.3. The van der Waals surface area contributed by atoms with Crippen molar-refractivity contribution in [2.75, 3.05) is 26.3 Å². The summed E-state index contributed by atoms with van der Waals surface area (Å²) in [4.78, 5) is 0.0797. The Morgan fingerprint density at radius 2 is 1.63 bits per heavy atom. The van der Waals surface area contributed by atoms with Crippen LogP contribution in [0.25, 0.3) is 0 Å². The molecule has 0 amide bonds. The van der Waals surface area contributed by atoms with Crippen LogP contribution < -0.4 is 0 Å². The maximum absolute atomic E-state index is 12.2. The van der Waals surface area contributed by atoms with Crippen LogP contribution in [-0.2, 0) is 16.4 Å². The summed E-state index contributed by atoms with van der Waals surface area (Å²) in [6, 6.07) is 7.97. The Morgan fingerprint density at radius 1 is 1.11 bits per heavy atom. The van der Waals surface area contributed by atoms with Gasteiger partial charge in [-0.1, -0.05) is 12.1 Å². The van der Waals surface area contributed by atoms with Crippen molar-refractivity contribution in [2.24, 2.45) is 0 Å². The molecule has 19 heavy (non-hydrogen) atoms. The Morgan fingerprint density at radius 3 is 2.05 bits per heavy atom. The fraction of sp³-hybridized carbons (Fsp3) is 0.417. The zero-order valence-corrected chi connectivity index (χ0v) is 11.2. The average Bonchev–Trinajstić information content (AvgIpc) is 2.39. The molecule has 0 heterocycles. The fourth-order valence-electron chi connectivity index (χ4n) is 1.59. The van der Waals surface area contributed by atoms with E-state index in [1.165, 1.54) is 12.1 Å². The van der Waals surface area contributed by atoms with Gasteiger partial charge in [0.05, 0.1) is 30.6 Å². The van der Waals surface area contributed by atoms with E-state index in [9.17, 15) is 8.42 Å². The van der Waals surface area contributed by atoms with E-state index in [0.717, 1.165) is 9.87 Å². The van der Waals surface area contributed by atoms with Crippen molar-refractivity contribution in [3.8, 4) is 6.07 Å². The second kappa shape index (κ2) is 7.21. The molecule has 0 saturated heterocycles. The van der Waals surface area contributed by atoms with Gasteiger partial charge in [-0.05, 0) is 17.7 Å². The fourth-order valence-corrected chi connectivity index (χ4v) is 3.02. The maximum Gasteiger partial charge on any atom is 0.243 e. The standard InChI is InChI=1S/C12H16N2O4S/c13-6-5-11-1-3-12(4-2-11)19(17,18)14(7-9-15)8-10-16/h1-4,15-16H,5,7-10H2. The molecule has 0 unspecified atom stereocenters. The van der Waals surface area contributed by atoms with Gasteiger partial charge in [0, 0.05) is 13.1 Å². The van der Waals surface area contributed by atoms with Crippen molar-refractivity contribution in [3.05, 3.63) is 29.8 Å². The van der Waals surface area contributed by atoms with Gasteiger partial charge in [-0.25, -0.2) is 8.42 Å². The number of nitriles is 1. The number of nitrogens with zero attached hydrogens (tertiary/aromatic N) is 2. The van der Waals surface area contributed by atoms with Gasteiger partial charge in [0.25, 0.3) is 0 Å². The first kappa shape index (κ1) is 15.6. The topological polar surface area (TPSA) is 102 Å². The molecule has 104 valence electrons. The van der Waals surface area contributed by atoms with Crippen molar-refractivity contribution in [2.45, 2.75) is 11.3 Å². The number of aliphatic hydroxyl groups is 2. The number of benzene rings is 1. The van der Waals surface area contributed by atoms with Gasteiger partial charge < -0.3 is 10.2 Å². The van der Waals surface area contributed by atoms with Crippen LogP contribution in [0.15, 0.2) is 29.2 Å². The number of hydrogen-bond acceptors (Lipinski definition) is 5.